The van der Waals surface area contributed by atoms with Crippen molar-refractivity contribution in [1.29, 1.82) is 0 Å². The molecule has 1 aromatic rings. The van der Waals surface area contributed by atoms with Crippen LogP contribution in [0.25, 0.3) is 0 Å². The minimum Gasteiger partial charge on any atom is -0.310 e. The van der Waals surface area contributed by atoms with Gasteiger partial charge < -0.3 is 5.32 Å². The Morgan fingerprint density at radius 2 is 2.38 bits per heavy atom. The smallest absolute Gasteiger partial charge is 0.228 e. The van der Waals surface area contributed by atoms with E-state index in [0.717, 1.165) is 19.3 Å². The third-order valence-corrected chi connectivity index (χ3v) is 2.70. The highest BCUT2D eigenvalue weighted by Gasteiger charge is 2.18. The maximum Gasteiger partial charge on any atom is 0.228 e. The highest BCUT2D eigenvalue weighted by atomic mass is 35.5. The SMILES string of the molecule is O=C(Nc1ccnc(Cl)n1)C1CC=CCC1. The van der Waals surface area contributed by atoms with Crippen molar-refractivity contribution in [2.45, 2.75) is 19.3 Å². The molecular formula is C11H12ClN3O. The number of hydrogen-bond acceptors (Lipinski definition) is 3. The summed E-state index contributed by atoms with van der Waals surface area (Å²) in [6, 6.07) is 1.63. The fourth-order valence-electron chi connectivity index (χ4n) is 1.66. The number of hydrogen-bond donors (Lipinski definition) is 1. The molecule has 0 spiro atoms. The molecule has 4 nitrogen and oxygen atoms in total. The summed E-state index contributed by atoms with van der Waals surface area (Å²) < 4.78 is 0. The minimum atomic E-state index is -0.000818. The van der Waals surface area contributed by atoms with E-state index in [-0.39, 0.29) is 17.1 Å². The molecule has 0 aromatic carbocycles. The number of carbonyl (C=O) groups excluding carboxylic acids is 1. The van der Waals surface area contributed by atoms with Crippen LogP contribution in [0.4, 0.5) is 5.82 Å². The van der Waals surface area contributed by atoms with E-state index in [4.69, 9.17) is 11.6 Å². The van der Waals surface area contributed by atoms with Crippen molar-refractivity contribution in [3.05, 3.63) is 29.7 Å². The van der Waals surface area contributed by atoms with Crippen molar-refractivity contribution in [2.75, 3.05) is 5.32 Å². The first-order valence-electron chi connectivity index (χ1n) is 5.20. The largest absolute Gasteiger partial charge is 0.310 e. The van der Waals surface area contributed by atoms with Gasteiger partial charge in [-0.25, -0.2) is 9.97 Å². The van der Waals surface area contributed by atoms with Crippen LogP contribution in [-0.4, -0.2) is 15.9 Å². The zero-order valence-electron chi connectivity index (χ0n) is 8.69. The third-order valence-electron chi connectivity index (χ3n) is 2.52. The Bertz CT molecular complexity index is 419. The van der Waals surface area contributed by atoms with Crippen LogP contribution in [-0.2, 0) is 4.79 Å². The quantitative estimate of drug-likeness (QED) is 0.635. The number of aromatic nitrogens is 2. The first-order chi connectivity index (χ1) is 7.75. The molecular weight excluding hydrogens is 226 g/mol. The Hall–Kier alpha value is -1.42. The van der Waals surface area contributed by atoms with Gasteiger partial charge in [0.1, 0.15) is 5.82 Å². The van der Waals surface area contributed by atoms with E-state index in [2.05, 4.69) is 21.4 Å². The van der Waals surface area contributed by atoms with Gasteiger partial charge in [-0.1, -0.05) is 12.2 Å². The van der Waals surface area contributed by atoms with Crippen molar-refractivity contribution in [3.8, 4) is 0 Å². The van der Waals surface area contributed by atoms with Crippen LogP contribution in [0, 0.1) is 5.92 Å². The Morgan fingerprint density at radius 1 is 1.50 bits per heavy atom. The van der Waals surface area contributed by atoms with Crippen LogP contribution in [0.2, 0.25) is 5.28 Å². The number of nitrogens with one attached hydrogen (secondary N) is 1. The average Bonchev–Trinajstić information content (AvgIpc) is 2.30. The van der Waals surface area contributed by atoms with Crippen LogP contribution in [0.1, 0.15) is 19.3 Å². The Morgan fingerprint density at radius 3 is 3.06 bits per heavy atom. The maximum absolute atomic E-state index is 11.8. The van der Waals surface area contributed by atoms with E-state index in [1.54, 1.807) is 6.07 Å². The Kier molecular flexibility index (Phi) is 3.51. The van der Waals surface area contributed by atoms with Crippen molar-refractivity contribution >= 4 is 23.3 Å². The molecule has 0 saturated carbocycles. The summed E-state index contributed by atoms with van der Waals surface area (Å²) in [4.78, 5) is 19.5. The van der Waals surface area contributed by atoms with Crippen LogP contribution in [0.15, 0.2) is 24.4 Å². The van der Waals surface area contributed by atoms with Gasteiger partial charge in [-0.3, -0.25) is 4.79 Å². The lowest BCUT2D eigenvalue weighted by Gasteiger charge is -2.16. The van der Waals surface area contributed by atoms with Gasteiger partial charge >= 0.3 is 0 Å². The zero-order chi connectivity index (χ0) is 11.4. The zero-order valence-corrected chi connectivity index (χ0v) is 9.44. The fourth-order valence-corrected chi connectivity index (χ4v) is 1.81. The Balaban J connectivity index is 1.99. The summed E-state index contributed by atoms with van der Waals surface area (Å²) in [6.07, 6.45) is 8.31. The highest BCUT2D eigenvalue weighted by molar-refractivity contribution is 6.28. The van der Waals surface area contributed by atoms with Gasteiger partial charge in [-0.15, -0.1) is 0 Å². The first kappa shape index (κ1) is 11.1. The van der Waals surface area contributed by atoms with Gasteiger partial charge in [0.05, 0.1) is 0 Å². The molecule has 84 valence electrons. The van der Waals surface area contributed by atoms with E-state index in [1.165, 1.54) is 6.20 Å². The molecule has 1 N–H and O–H groups in total. The highest BCUT2D eigenvalue weighted by Crippen LogP contribution is 2.19. The molecule has 1 aromatic heterocycles. The molecule has 2 rings (SSSR count). The molecule has 16 heavy (non-hydrogen) atoms. The van der Waals surface area contributed by atoms with Gasteiger partial charge in [-0.2, -0.15) is 0 Å². The lowest BCUT2D eigenvalue weighted by Crippen LogP contribution is -2.24. The summed E-state index contributed by atoms with van der Waals surface area (Å²) in [7, 11) is 0. The van der Waals surface area contributed by atoms with Crippen LogP contribution < -0.4 is 5.32 Å². The van der Waals surface area contributed by atoms with E-state index >= 15 is 0 Å². The standard InChI is InChI=1S/C11H12ClN3O/c12-11-13-7-6-9(15-11)14-10(16)8-4-2-1-3-5-8/h1-2,6-8H,3-5H2,(H,13,14,15,16). The topological polar surface area (TPSA) is 54.9 Å². The van der Waals surface area contributed by atoms with Crippen molar-refractivity contribution in [2.24, 2.45) is 5.92 Å². The average molecular weight is 238 g/mol. The number of amides is 1. The van der Waals surface area contributed by atoms with Crippen LogP contribution in [0.5, 0.6) is 0 Å². The maximum atomic E-state index is 11.8. The molecule has 0 saturated heterocycles. The van der Waals surface area contributed by atoms with Crippen molar-refractivity contribution < 1.29 is 4.79 Å². The molecule has 0 fully saturated rings. The predicted molar refractivity (Wildman–Crippen MR) is 62.2 cm³/mol. The van der Waals surface area contributed by atoms with Gasteiger partial charge in [0.25, 0.3) is 0 Å². The lowest BCUT2D eigenvalue weighted by atomic mass is 9.94. The molecule has 1 unspecified atom stereocenters. The number of allylic oxidation sites excluding steroid dienone is 2. The van der Waals surface area contributed by atoms with Gasteiger partial charge in [-0.05, 0) is 36.9 Å². The normalized spacial score (nSPS) is 19.4. The number of rotatable bonds is 2. The lowest BCUT2D eigenvalue weighted by molar-refractivity contribution is -0.120. The third kappa shape index (κ3) is 2.79. The summed E-state index contributed by atoms with van der Waals surface area (Å²) in [6.45, 7) is 0. The predicted octanol–water partition coefficient (Wildman–Crippen LogP) is 2.42. The summed E-state index contributed by atoms with van der Waals surface area (Å²) >= 11 is 5.63. The summed E-state index contributed by atoms with van der Waals surface area (Å²) in [5.41, 5.74) is 0. The van der Waals surface area contributed by atoms with Crippen LogP contribution >= 0.6 is 11.6 Å². The number of nitrogens with zero attached hydrogens (tertiary/aromatic N) is 2. The second kappa shape index (κ2) is 5.07. The second-order valence-corrected chi connectivity index (χ2v) is 4.02. The molecule has 5 heteroatoms. The molecule has 1 heterocycles. The second-order valence-electron chi connectivity index (χ2n) is 3.68. The molecule has 1 aliphatic rings. The van der Waals surface area contributed by atoms with Crippen LogP contribution in [0.3, 0.4) is 0 Å². The fraction of sp³-hybridized carbons (Fsp3) is 0.364. The van der Waals surface area contributed by atoms with Gasteiger partial charge in [0, 0.05) is 12.1 Å². The summed E-state index contributed by atoms with van der Waals surface area (Å²) in [5.74, 6) is 0.498. The molecule has 1 atom stereocenters. The Labute approximate surface area is 98.7 Å². The molecule has 0 radical (unpaired) electrons. The monoisotopic (exact) mass is 237 g/mol. The molecule has 0 aliphatic heterocycles. The number of halogens is 1. The molecule has 1 aliphatic carbocycles. The number of anilines is 1. The minimum absolute atomic E-state index is 0.000818. The number of carbonyl (C=O) groups is 1. The molecule has 0 bridgehead atoms. The van der Waals surface area contributed by atoms with Gasteiger partial charge in [0.15, 0.2) is 0 Å². The van der Waals surface area contributed by atoms with Crippen molar-refractivity contribution in [1.82, 2.24) is 9.97 Å². The summed E-state index contributed by atoms with van der Waals surface area (Å²) in [5, 5.41) is 2.88. The van der Waals surface area contributed by atoms with Gasteiger partial charge in [0.2, 0.25) is 11.2 Å². The van der Waals surface area contributed by atoms with E-state index in [9.17, 15) is 4.79 Å². The van der Waals surface area contributed by atoms with E-state index < -0.39 is 0 Å². The first-order valence-corrected chi connectivity index (χ1v) is 5.58. The molecule has 1 amide bonds. The van der Waals surface area contributed by atoms with Crippen molar-refractivity contribution in [3.63, 3.8) is 0 Å². The van der Waals surface area contributed by atoms with E-state index in [0.29, 0.717) is 5.82 Å². The van der Waals surface area contributed by atoms with E-state index in [1.807, 2.05) is 6.08 Å².